The molecule has 30 heavy (non-hydrogen) atoms. The van der Waals surface area contributed by atoms with Gasteiger partial charge in [-0.2, -0.15) is 0 Å². The minimum atomic E-state index is 0.0472. The van der Waals surface area contributed by atoms with Crippen LogP contribution in [-0.4, -0.2) is 52.8 Å². The van der Waals surface area contributed by atoms with Crippen LogP contribution >= 0.6 is 0 Å². The lowest BCUT2D eigenvalue weighted by Crippen LogP contribution is -2.46. The first-order chi connectivity index (χ1) is 14.5. The summed E-state index contributed by atoms with van der Waals surface area (Å²) in [7, 11) is 0. The van der Waals surface area contributed by atoms with Crippen LogP contribution in [0.15, 0.2) is 42.5 Å². The van der Waals surface area contributed by atoms with Crippen molar-refractivity contribution in [2.24, 2.45) is 5.92 Å². The third kappa shape index (κ3) is 4.55. The van der Waals surface area contributed by atoms with Gasteiger partial charge in [0, 0.05) is 56.2 Å². The van der Waals surface area contributed by atoms with Crippen molar-refractivity contribution in [1.82, 2.24) is 14.8 Å². The van der Waals surface area contributed by atoms with E-state index in [-0.39, 0.29) is 23.7 Å². The first-order valence-corrected chi connectivity index (χ1v) is 11.1. The molecule has 0 saturated carbocycles. The van der Waals surface area contributed by atoms with Crippen molar-refractivity contribution < 1.29 is 9.59 Å². The van der Waals surface area contributed by atoms with Gasteiger partial charge in [0.25, 0.3) is 0 Å². The number of piperidine rings is 2. The van der Waals surface area contributed by atoms with E-state index < -0.39 is 0 Å². The maximum Gasteiger partial charge on any atom is 0.225 e. The predicted molar refractivity (Wildman–Crippen MR) is 118 cm³/mol. The van der Waals surface area contributed by atoms with Gasteiger partial charge in [-0.05, 0) is 50.8 Å². The number of hydrogen-bond acceptors (Lipinski definition) is 3. The number of nitrogens with zero attached hydrogens (tertiary/aromatic N) is 3. The number of benzene rings is 1. The molecule has 0 spiro atoms. The molecule has 5 heteroatoms. The second-order valence-electron chi connectivity index (χ2n) is 8.72. The molecular formula is C25H31N3O2. The van der Waals surface area contributed by atoms with Gasteiger partial charge >= 0.3 is 0 Å². The zero-order valence-electron chi connectivity index (χ0n) is 18.0. The Balaban J connectivity index is 1.44. The fourth-order valence-electron chi connectivity index (χ4n) is 4.76. The molecular weight excluding hydrogens is 374 g/mol. The number of likely N-dealkylation sites (tertiary alicyclic amines) is 2. The maximum absolute atomic E-state index is 13.1. The van der Waals surface area contributed by atoms with Gasteiger partial charge in [0.2, 0.25) is 11.8 Å². The van der Waals surface area contributed by atoms with Crippen LogP contribution in [0, 0.1) is 12.8 Å². The summed E-state index contributed by atoms with van der Waals surface area (Å²) in [5, 5.41) is 0. The van der Waals surface area contributed by atoms with E-state index in [0.717, 1.165) is 55.7 Å². The fourth-order valence-corrected chi connectivity index (χ4v) is 4.76. The Morgan fingerprint density at radius 2 is 1.73 bits per heavy atom. The molecule has 1 aromatic heterocycles. The normalized spacial score (nSPS) is 20.3. The molecule has 1 atom stereocenters. The average Bonchev–Trinajstić information content (AvgIpc) is 2.79. The molecule has 1 aromatic carbocycles. The second kappa shape index (κ2) is 8.99. The second-order valence-corrected chi connectivity index (χ2v) is 8.72. The topological polar surface area (TPSA) is 53.5 Å². The molecule has 2 saturated heterocycles. The van der Waals surface area contributed by atoms with E-state index in [0.29, 0.717) is 13.1 Å². The van der Waals surface area contributed by atoms with Crippen LogP contribution in [0.1, 0.15) is 49.8 Å². The van der Waals surface area contributed by atoms with Crippen LogP contribution in [0.5, 0.6) is 0 Å². The molecule has 0 unspecified atom stereocenters. The Morgan fingerprint density at radius 3 is 2.47 bits per heavy atom. The number of aromatic nitrogens is 1. The average molecular weight is 406 g/mol. The summed E-state index contributed by atoms with van der Waals surface area (Å²) in [6, 6.07) is 14.7. The summed E-state index contributed by atoms with van der Waals surface area (Å²) >= 11 is 0. The largest absolute Gasteiger partial charge is 0.343 e. The molecule has 2 fully saturated rings. The summed E-state index contributed by atoms with van der Waals surface area (Å²) in [6.07, 6.45) is 3.64. The molecule has 2 aromatic rings. The Labute approximate surface area is 179 Å². The van der Waals surface area contributed by atoms with Gasteiger partial charge in [0.15, 0.2) is 0 Å². The zero-order chi connectivity index (χ0) is 21.1. The number of pyridine rings is 1. The smallest absolute Gasteiger partial charge is 0.225 e. The number of carbonyl (C=O) groups excluding carboxylic acids is 2. The summed E-state index contributed by atoms with van der Waals surface area (Å²) in [4.78, 5) is 33.5. The Bertz CT molecular complexity index is 918. The van der Waals surface area contributed by atoms with Crippen LogP contribution in [0.3, 0.4) is 0 Å². The Morgan fingerprint density at radius 1 is 0.967 bits per heavy atom. The van der Waals surface area contributed by atoms with Crippen molar-refractivity contribution in [3.05, 3.63) is 53.7 Å². The van der Waals surface area contributed by atoms with Crippen molar-refractivity contribution in [2.75, 3.05) is 26.2 Å². The van der Waals surface area contributed by atoms with Gasteiger partial charge in [-0.25, -0.2) is 0 Å². The molecule has 0 bridgehead atoms. The molecule has 0 radical (unpaired) electrons. The lowest BCUT2D eigenvalue weighted by molar-refractivity contribution is -0.141. The van der Waals surface area contributed by atoms with Crippen LogP contribution in [0.2, 0.25) is 0 Å². The zero-order valence-corrected chi connectivity index (χ0v) is 18.0. The summed E-state index contributed by atoms with van der Waals surface area (Å²) in [5.41, 5.74) is 4.44. The van der Waals surface area contributed by atoms with E-state index >= 15 is 0 Å². The molecule has 2 aliphatic rings. The number of rotatable bonds is 3. The molecule has 5 nitrogen and oxygen atoms in total. The molecule has 0 N–H and O–H groups in total. The first kappa shape index (κ1) is 20.6. The number of hydrogen-bond donors (Lipinski definition) is 0. The van der Waals surface area contributed by atoms with Gasteiger partial charge in [0.05, 0.1) is 5.69 Å². The highest BCUT2D eigenvalue weighted by Gasteiger charge is 2.32. The lowest BCUT2D eigenvalue weighted by atomic mass is 9.90. The van der Waals surface area contributed by atoms with E-state index in [1.54, 1.807) is 6.92 Å². The highest BCUT2D eigenvalue weighted by Crippen LogP contribution is 2.30. The SMILES string of the molecule is CC(=O)N1CCC(C(=O)N2CCC[C@H](c3cccc(-c4cccc(C)c4)n3)C2)CC1. The maximum atomic E-state index is 13.1. The minimum absolute atomic E-state index is 0.0472. The van der Waals surface area contributed by atoms with Gasteiger partial charge < -0.3 is 9.80 Å². The van der Waals surface area contributed by atoms with Crippen LogP contribution in [0.25, 0.3) is 11.3 Å². The van der Waals surface area contributed by atoms with Crippen molar-refractivity contribution in [1.29, 1.82) is 0 Å². The third-order valence-corrected chi connectivity index (χ3v) is 6.53. The molecule has 2 aliphatic heterocycles. The Hall–Kier alpha value is -2.69. The first-order valence-electron chi connectivity index (χ1n) is 11.1. The van der Waals surface area contributed by atoms with Crippen molar-refractivity contribution >= 4 is 11.8 Å². The number of carbonyl (C=O) groups is 2. The molecule has 2 amide bonds. The van der Waals surface area contributed by atoms with Gasteiger partial charge in [-0.3, -0.25) is 14.6 Å². The van der Waals surface area contributed by atoms with Crippen molar-refractivity contribution in [3.63, 3.8) is 0 Å². The summed E-state index contributed by atoms with van der Waals surface area (Å²) in [5.74, 6) is 0.701. The highest BCUT2D eigenvalue weighted by atomic mass is 16.2. The van der Waals surface area contributed by atoms with E-state index in [9.17, 15) is 9.59 Å². The number of aryl methyl sites for hydroxylation is 1. The van der Waals surface area contributed by atoms with Crippen LogP contribution < -0.4 is 0 Å². The van der Waals surface area contributed by atoms with Gasteiger partial charge in [-0.1, -0.05) is 29.8 Å². The van der Waals surface area contributed by atoms with E-state index in [2.05, 4.69) is 49.4 Å². The van der Waals surface area contributed by atoms with Crippen molar-refractivity contribution in [2.45, 2.75) is 45.4 Å². The van der Waals surface area contributed by atoms with E-state index in [1.165, 1.54) is 5.56 Å². The molecule has 0 aliphatic carbocycles. The summed E-state index contributed by atoms with van der Waals surface area (Å²) in [6.45, 7) is 6.68. The van der Waals surface area contributed by atoms with Gasteiger partial charge in [-0.15, -0.1) is 0 Å². The quantitative estimate of drug-likeness (QED) is 0.775. The monoisotopic (exact) mass is 405 g/mol. The fraction of sp³-hybridized carbons (Fsp3) is 0.480. The third-order valence-electron chi connectivity index (χ3n) is 6.53. The molecule has 3 heterocycles. The predicted octanol–water partition coefficient (Wildman–Crippen LogP) is 4.02. The van der Waals surface area contributed by atoms with Crippen LogP contribution in [0.4, 0.5) is 0 Å². The minimum Gasteiger partial charge on any atom is -0.343 e. The van der Waals surface area contributed by atoms with Gasteiger partial charge in [0.1, 0.15) is 0 Å². The number of amides is 2. The summed E-state index contributed by atoms with van der Waals surface area (Å²) < 4.78 is 0. The molecule has 4 rings (SSSR count). The standard InChI is InChI=1S/C25H31N3O2/c1-18-6-3-7-21(16-18)23-9-4-10-24(26-23)22-8-5-13-28(17-22)25(30)20-11-14-27(15-12-20)19(2)29/h3-4,6-7,9-10,16,20,22H,5,8,11-15,17H2,1-2H3/t22-/m0/s1. The van der Waals surface area contributed by atoms with E-state index in [4.69, 9.17) is 4.98 Å². The van der Waals surface area contributed by atoms with Crippen molar-refractivity contribution in [3.8, 4) is 11.3 Å². The van der Waals surface area contributed by atoms with Crippen LogP contribution in [-0.2, 0) is 9.59 Å². The van der Waals surface area contributed by atoms with E-state index in [1.807, 2.05) is 9.80 Å². The Kier molecular flexibility index (Phi) is 6.16. The highest BCUT2D eigenvalue weighted by molar-refractivity contribution is 5.80. The molecule has 158 valence electrons. The lowest BCUT2D eigenvalue weighted by Gasteiger charge is -2.37.